The highest BCUT2D eigenvalue weighted by Crippen LogP contribution is 2.33. The first-order valence-electron chi connectivity index (χ1n) is 5.75. The molecule has 3 unspecified atom stereocenters. The Balaban J connectivity index is 1.82. The van der Waals surface area contributed by atoms with Crippen molar-refractivity contribution < 1.29 is 0 Å². The fraction of sp³-hybridized carbons (Fsp3) is 0.833. The van der Waals surface area contributed by atoms with Crippen molar-refractivity contribution >= 4 is 0 Å². The molecule has 2 bridgehead atoms. The molecule has 2 saturated heterocycles. The van der Waals surface area contributed by atoms with Gasteiger partial charge < -0.3 is 5.32 Å². The molecule has 2 rings (SSSR count). The summed E-state index contributed by atoms with van der Waals surface area (Å²) >= 11 is 0. The van der Waals surface area contributed by atoms with Gasteiger partial charge in [0.15, 0.2) is 0 Å². The average Bonchev–Trinajstić information content (AvgIpc) is 2.78. The van der Waals surface area contributed by atoms with Crippen molar-refractivity contribution in [1.82, 2.24) is 10.2 Å². The molecule has 0 aromatic heterocycles. The van der Waals surface area contributed by atoms with Crippen molar-refractivity contribution in [3.8, 4) is 12.3 Å². The molecule has 0 aliphatic carbocycles. The fourth-order valence-electron chi connectivity index (χ4n) is 2.91. The minimum Gasteiger partial charge on any atom is -0.311 e. The van der Waals surface area contributed by atoms with Crippen LogP contribution in [0.2, 0.25) is 0 Å². The summed E-state index contributed by atoms with van der Waals surface area (Å²) in [5, 5.41) is 3.67. The summed E-state index contributed by atoms with van der Waals surface area (Å²) in [6.07, 6.45) is 9.48. The third-order valence-corrected chi connectivity index (χ3v) is 3.69. The Morgan fingerprint density at radius 2 is 2.36 bits per heavy atom. The largest absolute Gasteiger partial charge is 0.311 e. The predicted octanol–water partition coefficient (Wildman–Crippen LogP) is 1.08. The topological polar surface area (TPSA) is 15.3 Å². The summed E-state index contributed by atoms with van der Waals surface area (Å²) in [6, 6.07) is 1.60. The molecular weight excluding hydrogens is 172 g/mol. The zero-order chi connectivity index (χ0) is 9.97. The van der Waals surface area contributed by atoms with Gasteiger partial charge in [0.1, 0.15) is 0 Å². The molecule has 2 fully saturated rings. The average molecular weight is 192 g/mol. The van der Waals surface area contributed by atoms with Crippen molar-refractivity contribution in [2.45, 2.75) is 38.3 Å². The molecule has 78 valence electrons. The second-order valence-corrected chi connectivity index (χ2v) is 4.58. The molecule has 1 N–H and O–H groups in total. The van der Waals surface area contributed by atoms with Crippen LogP contribution >= 0.6 is 0 Å². The van der Waals surface area contributed by atoms with E-state index < -0.39 is 0 Å². The van der Waals surface area contributed by atoms with E-state index in [1.54, 1.807) is 0 Å². The van der Waals surface area contributed by atoms with Crippen LogP contribution in [0.25, 0.3) is 0 Å². The van der Waals surface area contributed by atoms with E-state index in [2.05, 4.69) is 23.1 Å². The van der Waals surface area contributed by atoms with Gasteiger partial charge in [-0.2, -0.15) is 0 Å². The molecule has 2 aliphatic rings. The SMILES string of the molecule is C#CCN(CC)CC1CC2CCC1N2. The molecule has 0 spiro atoms. The van der Waals surface area contributed by atoms with Gasteiger partial charge in [0.05, 0.1) is 6.54 Å². The maximum absolute atomic E-state index is 5.35. The van der Waals surface area contributed by atoms with Gasteiger partial charge in [0.25, 0.3) is 0 Å². The minimum atomic E-state index is 0.784. The van der Waals surface area contributed by atoms with Crippen molar-refractivity contribution in [2.24, 2.45) is 5.92 Å². The quantitative estimate of drug-likeness (QED) is 0.671. The number of nitrogens with one attached hydrogen (secondary N) is 1. The van der Waals surface area contributed by atoms with Gasteiger partial charge >= 0.3 is 0 Å². The molecule has 2 heteroatoms. The summed E-state index contributed by atoms with van der Waals surface area (Å²) in [6.45, 7) is 5.27. The summed E-state index contributed by atoms with van der Waals surface area (Å²) in [4.78, 5) is 2.38. The number of terminal acetylenes is 1. The van der Waals surface area contributed by atoms with Crippen molar-refractivity contribution in [3.05, 3.63) is 0 Å². The van der Waals surface area contributed by atoms with Crippen LogP contribution in [-0.4, -0.2) is 36.6 Å². The first-order valence-corrected chi connectivity index (χ1v) is 5.75. The standard InChI is InChI=1S/C12H20N2/c1-3-7-14(4-2)9-10-8-11-5-6-12(10)13-11/h1,10-13H,4-9H2,2H3. The van der Waals surface area contributed by atoms with E-state index >= 15 is 0 Å². The smallest absolute Gasteiger partial charge is 0.0598 e. The van der Waals surface area contributed by atoms with Gasteiger partial charge in [0, 0.05) is 18.6 Å². The zero-order valence-corrected chi connectivity index (χ0v) is 9.00. The molecule has 0 amide bonds. The Morgan fingerprint density at radius 3 is 2.86 bits per heavy atom. The van der Waals surface area contributed by atoms with Crippen LogP contribution in [0.3, 0.4) is 0 Å². The molecule has 0 radical (unpaired) electrons. The monoisotopic (exact) mass is 192 g/mol. The predicted molar refractivity (Wildman–Crippen MR) is 59.0 cm³/mol. The van der Waals surface area contributed by atoms with E-state index in [1.807, 2.05) is 0 Å². The maximum atomic E-state index is 5.35. The van der Waals surface area contributed by atoms with E-state index in [0.717, 1.165) is 31.1 Å². The summed E-state index contributed by atoms with van der Waals surface area (Å²) in [5.74, 6) is 3.59. The molecule has 2 heterocycles. The van der Waals surface area contributed by atoms with Crippen molar-refractivity contribution in [2.75, 3.05) is 19.6 Å². The normalized spacial score (nSPS) is 35.1. The van der Waals surface area contributed by atoms with Crippen molar-refractivity contribution in [1.29, 1.82) is 0 Å². The highest BCUT2D eigenvalue weighted by molar-refractivity contribution is 4.99. The van der Waals surface area contributed by atoms with E-state index in [0.29, 0.717) is 0 Å². The highest BCUT2D eigenvalue weighted by Gasteiger charge is 2.39. The zero-order valence-electron chi connectivity index (χ0n) is 9.00. The Morgan fingerprint density at radius 1 is 1.50 bits per heavy atom. The number of rotatable bonds is 4. The van der Waals surface area contributed by atoms with E-state index in [1.165, 1.54) is 25.8 Å². The summed E-state index contributed by atoms with van der Waals surface area (Å²) in [7, 11) is 0. The van der Waals surface area contributed by atoms with Crippen LogP contribution in [0.4, 0.5) is 0 Å². The molecule has 0 saturated carbocycles. The molecular formula is C12H20N2. The van der Waals surface area contributed by atoms with Gasteiger partial charge in [0.2, 0.25) is 0 Å². The lowest BCUT2D eigenvalue weighted by atomic mass is 9.89. The molecule has 3 atom stereocenters. The van der Waals surface area contributed by atoms with Crippen LogP contribution < -0.4 is 5.32 Å². The van der Waals surface area contributed by atoms with E-state index in [4.69, 9.17) is 6.42 Å². The lowest BCUT2D eigenvalue weighted by molar-refractivity contribution is 0.241. The summed E-state index contributed by atoms with van der Waals surface area (Å²) in [5.41, 5.74) is 0. The van der Waals surface area contributed by atoms with Crippen LogP contribution in [0.15, 0.2) is 0 Å². The van der Waals surface area contributed by atoms with Gasteiger partial charge in [-0.3, -0.25) is 4.90 Å². The van der Waals surface area contributed by atoms with Crippen LogP contribution in [0.5, 0.6) is 0 Å². The number of hydrogen-bond acceptors (Lipinski definition) is 2. The second-order valence-electron chi connectivity index (χ2n) is 4.58. The summed E-state index contributed by atoms with van der Waals surface area (Å²) < 4.78 is 0. The van der Waals surface area contributed by atoms with Crippen molar-refractivity contribution in [3.63, 3.8) is 0 Å². The Labute approximate surface area is 87.1 Å². The van der Waals surface area contributed by atoms with Crippen LogP contribution in [-0.2, 0) is 0 Å². The fourth-order valence-corrected chi connectivity index (χ4v) is 2.91. The molecule has 2 nitrogen and oxygen atoms in total. The van der Waals surface area contributed by atoms with Crippen LogP contribution in [0, 0.1) is 18.3 Å². The molecule has 0 aromatic carbocycles. The second kappa shape index (κ2) is 4.33. The van der Waals surface area contributed by atoms with Crippen LogP contribution in [0.1, 0.15) is 26.2 Å². The lowest BCUT2D eigenvalue weighted by Gasteiger charge is -2.26. The molecule has 2 aliphatic heterocycles. The minimum absolute atomic E-state index is 0.784. The first kappa shape index (κ1) is 10.0. The number of fused-ring (bicyclic) bond motifs is 2. The van der Waals surface area contributed by atoms with E-state index in [9.17, 15) is 0 Å². The first-order chi connectivity index (χ1) is 6.83. The Kier molecular flexibility index (Phi) is 3.10. The van der Waals surface area contributed by atoms with Gasteiger partial charge in [-0.25, -0.2) is 0 Å². The van der Waals surface area contributed by atoms with Gasteiger partial charge in [-0.15, -0.1) is 6.42 Å². The van der Waals surface area contributed by atoms with Gasteiger partial charge in [-0.05, 0) is 31.7 Å². The highest BCUT2D eigenvalue weighted by atomic mass is 15.1. The molecule has 14 heavy (non-hydrogen) atoms. The lowest BCUT2D eigenvalue weighted by Crippen LogP contribution is -2.35. The van der Waals surface area contributed by atoms with Gasteiger partial charge in [-0.1, -0.05) is 12.8 Å². The molecule has 0 aromatic rings. The third-order valence-electron chi connectivity index (χ3n) is 3.69. The number of hydrogen-bond donors (Lipinski definition) is 1. The third kappa shape index (κ3) is 1.94. The Hall–Kier alpha value is -0.520. The maximum Gasteiger partial charge on any atom is 0.0598 e. The Bertz CT molecular complexity index is 231. The van der Waals surface area contributed by atoms with E-state index in [-0.39, 0.29) is 0 Å². The number of nitrogens with zero attached hydrogens (tertiary/aromatic N) is 1.